The monoisotopic (exact) mass is 418 g/mol. The molecule has 0 amide bonds. The van der Waals surface area contributed by atoms with Crippen LogP contribution in [0.5, 0.6) is 0 Å². The molecule has 0 aromatic heterocycles. The van der Waals surface area contributed by atoms with Gasteiger partial charge < -0.3 is 15.3 Å². The molecule has 0 aliphatic heterocycles. The molecule has 0 saturated heterocycles. The third-order valence-corrected chi connectivity index (χ3v) is 10.8. The highest BCUT2D eigenvalue weighted by molar-refractivity contribution is 5.11. The molecule has 10 atom stereocenters. The fourth-order valence-corrected chi connectivity index (χ4v) is 9.11. The van der Waals surface area contributed by atoms with E-state index < -0.39 is 0 Å². The van der Waals surface area contributed by atoms with E-state index in [1.807, 2.05) is 6.92 Å². The van der Waals surface area contributed by atoms with Gasteiger partial charge >= 0.3 is 0 Å². The quantitative estimate of drug-likeness (QED) is 0.529. The van der Waals surface area contributed by atoms with E-state index in [-0.39, 0.29) is 24.2 Å². The maximum Gasteiger partial charge on any atom is 0.0639 e. The molecule has 0 spiro atoms. The number of aliphatic hydroxyl groups excluding tert-OH is 3. The smallest absolute Gasteiger partial charge is 0.0639 e. The van der Waals surface area contributed by atoms with Crippen LogP contribution in [0.1, 0.15) is 91.9 Å². The van der Waals surface area contributed by atoms with Crippen molar-refractivity contribution in [2.75, 3.05) is 6.61 Å². The van der Waals surface area contributed by atoms with Gasteiger partial charge in [-0.15, -0.1) is 0 Å². The van der Waals surface area contributed by atoms with E-state index in [4.69, 9.17) is 0 Å². The van der Waals surface area contributed by atoms with Crippen LogP contribution in [0.15, 0.2) is 11.6 Å². The van der Waals surface area contributed by atoms with Crippen LogP contribution in [-0.4, -0.2) is 34.1 Å². The van der Waals surface area contributed by atoms with Crippen molar-refractivity contribution in [1.82, 2.24) is 0 Å². The molecule has 0 bridgehead atoms. The van der Waals surface area contributed by atoms with Gasteiger partial charge in [-0.05, 0) is 117 Å². The van der Waals surface area contributed by atoms with Crippen molar-refractivity contribution in [3.8, 4) is 0 Å². The fourth-order valence-electron chi connectivity index (χ4n) is 9.11. The van der Waals surface area contributed by atoms with Crippen LogP contribution < -0.4 is 0 Å². The Labute approximate surface area is 184 Å². The fraction of sp³-hybridized carbons (Fsp3) is 0.926. The van der Waals surface area contributed by atoms with E-state index >= 15 is 0 Å². The minimum atomic E-state index is -0.225. The number of allylic oxidation sites excluding steroid dienone is 1. The second-order valence-corrected chi connectivity index (χ2v) is 12.2. The minimum Gasteiger partial charge on any atom is -0.393 e. The molecule has 4 aliphatic rings. The van der Waals surface area contributed by atoms with Crippen LogP contribution in [0.2, 0.25) is 0 Å². The standard InChI is InChI=1S/C27H46O3/c1-17(16-28)6-5-7-18(2)21-8-9-22-20-15-25(30)24-14-19(29)10-12-27(24,4)23(20)11-13-26(21,22)3/h6,18-25,28-30H,5,7-16H2,1-4H3/b17-6+/t18?,19-,20?,21?,22?,23?,24?,25+,26?,27?/m1/s1. The van der Waals surface area contributed by atoms with Crippen molar-refractivity contribution in [2.24, 2.45) is 46.3 Å². The molecule has 3 nitrogen and oxygen atoms in total. The molecule has 0 radical (unpaired) electrons. The largest absolute Gasteiger partial charge is 0.393 e. The summed E-state index contributed by atoms with van der Waals surface area (Å²) in [5, 5.41) is 30.7. The van der Waals surface area contributed by atoms with Gasteiger partial charge in [0.15, 0.2) is 0 Å². The Bertz CT molecular complexity index is 644. The number of hydrogen-bond acceptors (Lipinski definition) is 3. The van der Waals surface area contributed by atoms with Crippen molar-refractivity contribution in [3.63, 3.8) is 0 Å². The molecule has 0 heterocycles. The van der Waals surface area contributed by atoms with Gasteiger partial charge in [-0.25, -0.2) is 0 Å². The van der Waals surface area contributed by atoms with Gasteiger partial charge in [0.05, 0.1) is 18.8 Å². The molecule has 172 valence electrons. The van der Waals surface area contributed by atoms with E-state index in [0.717, 1.165) is 61.3 Å². The summed E-state index contributed by atoms with van der Waals surface area (Å²) in [5.41, 5.74) is 1.74. The first kappa shape index (κ1) is 22.8. The van der Waals surface area contributed by atoms with Crippen molar-refractivity contribution in [3.05, 3.63) is 11.6 Å². The number of aliphatic hydroxyl groups is 3. The molecule has 0 aromatic rings. The SMILES string of the molecule is C/C(=C\CCC(C)C1CCC2C3C[C@H](O)C4C[C@H](O)CCC4(C)C3CCC12C)CO. The Morgan fingerprint density at radius 1 is 0.967 bits per heavy atom. The Morgan fingerprint density at radius 3 is 2.40 bits per heavy atom. The lowest BCUT2D eigenvalue weighted by atomic mass is 9.44. The second kappa shape index (κ2) is 8.52. The summed E-state index contributed by atoms with van der Waals surface area (Å²) in [4.78, 5) is 0. The Balaban J connectivity index is 1.49. The predicted molar refractivity (Wildman–Crippen MR) is 122 cm³/mol. The van der Waals surface area contributed by atoms with Crippen LogP contribution >= 0.6 is 0 Å². The molecule has 3 heteroatoms. The highest BCUT2D eigenvalue weighted by atomic mass is 16.3. The Hall–Kier alpha value is -0.380. The number of fused-ring (bicyclic) bond motifs is 5. The molecular formula is C27H46O3. The van der Waals surface area contributed by atoms with Crippen molar-refractivity contribution < 1.29 is 15.3 Å². The molecule has 8 unspecified atom stereocenters. The van der Waals surface area contributed by atoms with E-state index in [9.17, 15) is 15.3 Å². The van der Waals surface area contributed by atoms with Crippen molar-refractivity contribution >= 4 is 0 Å². The third kappa shape index (κ3) is 3.71. The maximum absolute atomic E-state index is 11.2. The highest BCUT2D eigenvalue weighted by Gasteiger charge is 2.62. The molecule has 4 fully saturated rings. The van der Waals surface area contributed by atoms with Gasteiger partial charge in [0.2, 0.25) is 0 Å². The summed E-state index contributed by atoms with van der Waals surface area (Å²) < 4.78 is 0. The zero-order valence-electron chi connectivity index (χ0n) is 19.8. The van der Waals surface area contributed by atoms with Gasteiger partial charge in [-0.2, -0.15) is 0 Å². The first-order valence-corrected chi connectivity index (χ1v) is 12.8. The van der Waals surface area contributed by atoms with Gasteiger partial charge in [0.25, 0.3) is 0 Å². The Morgan fingerprint density at radius 2 is 1.67 bits per heavy atom. The number of hydrogen-bond donors (Lipinski definition) is 3. The Kier molecular flexibility index (Phi) is 6.48. The van der Waals surface area contributed by atoms with Crippen LogP contribution in [-0.2, 0) is 0 Å². The first-order chi connectivity index (χ1) is 14.2. The summed E-state index contributed by atoms with van der Waals surface area (Å²) in [5.74, 6) is 3.98. The van der Waals surface area contributed by atoms with Crippen molar-refractivity contribution in [1.29, 1.82) is 0 Å². The van der Waals surface area contributed by atoms with Gasteiger partial charge in [-0.1, -0.05) is 32.4 Å². The lowest BCUT2D eigenvalue weighted by Crippen LogP contribution is -2.58. The molecular weight excluding hydrogens is 372 g/mol. The normalized spacial score (nSPS) is 49.8. The summed E-state index contributed by atoms with van der Waals surface area (Å²) in [6, 6.07) is 0. The average molecular weight is 419 g/mol. The van der Waals surface area contributed by atoms with Crippen LogP contribution in [0.25, 0.3) is 0 Å². The van der Waals surface area contributed by atoms with E-state index in [2.05, 4.69) is 26.8 Å². The van der Waals surface area contributed by atoms with E-state index in [0.29, 0.717) is 17.3 Å². The molecule has 4 rings (SSSR count). The van der Waals surface area contributed by atoms with Crippen LogP contribution in [0.4, 0.5) is 0 Å². The molecule has 4 aliphatic carbocycles. The third-order valence-electron chi connectivity index (χ3n) is 10.8. The van der Waals surface area contributed by atoms with Crippen LogP contribution in [0, 0.1) is 46.3 Å². The predicted octanol–water partition coefficient (Wildman–Crippen LogP) is 5.33. The van der Waals surface area contributed by atoms with Gasteiger partial charge in [-0.3, -0.25) is 0 Å². The minimum absolute atomic E-state index is 0.180. The number of rotatable bonds is 5. The maximum atomic E-state index is 11.2. The second-order valence-electron chi connectivity index (χ2n) is 12.2. The van der Waals surface area contributed by atoms with Crippen molar-refractivity contribution in [2.45, 2.75) is 104 Å². The molecule has 0 aromatic carbocycles. The molecule has 30 heavy (non-hydrogen) atoms. The van der Waals surface area contributed by atoms with Gasteiger partial charge in [0, 0.05) is 0 Å². The lowest BCUT2D eigenvalue weighted by Gasteiger charge is -2.62. The zero-order chi connectivity index (χ0) is 21.7. The van der Waals surface area contributed by atoms with Gasteiger partial charge in [0.1, 0.15) is 0 Å². The summed E-state index contributed by atoms with van der Waals surface area (Å²) in [6.07, 6.45) is 13.2. The lowest BCUT2D eigenvalue weighted by molar-refractivity contribution is -0.172. The van der Waals surface area contributed by atoms with Crippen LogP contribution in [0.3, 0.4) is 0 Å². The first-order valence-electron chi connectivity index (χ1n) is 12.8. The molecule has 3 N–H and O–H groups in total. The van der Waals surface area contributed by atoms with E-state index in [1.54, 1.807) is 0 Å². The summed E-state index contributed by atoms with van der Waals surface area (Å²) in [6.45, 7) is 9.70. The summed E-state index contributed by atoms with van der Waals surface area (Å²) >= 11 is 0. The topological polar surface area (TPSA) is 60.7 Å². The summed E-state index contributed by atoms with van der Waals surface area (Å²) in [7, 11) is 0. The molecule has 4 saturated carbocycles. The zero-order valence-corrected chi connectivity index (χ0v) is 19.8. The highest BCUT2D eigenvalue weighted by Crippen LogP contribution is 2.68. The van der Waals surface area contributed by atoms with E-state index in [1.165, 1.54) is 32.1 Å². The average Bonchev–Trinajstić information content (AvgIpc) is 3.06.